The molecule has 0 aliphatic rings. The number of benzene rings is 1. The highest BCUT2D eigenvalue weighted by atomic mass is 79.9. The number of ether oxygens (including phenoxy) is 1. The maximum Gasteiger partial charge on any atom is 0.177 e. The summed E-state index contributed by atoms with van der Waals surface area (Å²) in [7, 11) is 1.88. The number of imidazole rings is 1. The van der Waals surface area contributed by atoms with Crippen molar-refractivity contribution in [2.45, 2.75) is 6.61 Å². The average Bonchev–Trinajstić information content (AvgIpc) is 2.57. The summed E-state index contributed by atoms with van der Waals surface area (Å²) in [5.41, 5.74) is 0.913. The van der Waals surface area contributed by atoms with Crippen LogP contribution in [0.5, 0.6) is 5.75 Å². The van der Waals surface area contributed by atoms with Gasteiger partial charge in [0.25, 0.3) is 0 Å². The Bertz CT molecular complexity index is 498. The van der Waals surface area contributed by atoms with E-state index in [0.29, 0.717) is 12.4 Å². The monoisotopic (exact) mass is 284 g/mol. The van der Waals surface area contributed by atoms with E-state index in [9.17, 15) is 4.39 Å². The minimum absolute atomic E-state index is 0.302. The van der Waals surface area contributed by atoms with E-state index in [2.05, 4.69) is 20.9 Å². The highest BCUT2D eigenvalue weighted by Crippen LogP contribution is 2.15. The summed E-state index contributed by atoms with van der Waals surface area (Å²) in [5.74, 6) is 0.209. The largest absolute Gasteiger partial charge is 0.487 e. The molecule has 5 heteroatoms. The lowest BCUT2D eigenvalue weighted by Gasteiger charge is -2.06. The molecule has 0 bridgehead atoms. The summed E-state index contributed by atoms with van der Waals surface area (Å²) in [6.45, 7) is 0.360. The SMILES string of the molecule is Cn1c(COc2cccc(F)c2)cnc1Br. The van der Waals surface area contributed by atoms with Gasteiger partial charge in [-0.1, -0.05) is 6.07 Å². The molecule has 1 heterocycles. The van der Waals surface area contributed by atoms with Gasteiger partial charge in [-0.2, -0.15) is 0 Å². The van der Waals surface area contributed by atoms with E-state index >= 15 is 0 Å². The molecule has 0 radical (unpaired) electrons. The quantitative estimate of drug-likeness (QED) is 0.867. The molecule has 0 amide bonds. The molecule has 16 heavy (non-hydrogen) atoms. The Morgan fingerprint density at radius 2 is 2.31 bits per heavy atom. The van der Waals surface area contributed by atoms with E-state index in [0.717, 1.165) is 10.4 Å². The Labute approximate surface area is 101 Å². The summed E-state index contributed by atoms with van der Waals surface area (Å²) >= 11 is 3.29. The Hall–Kier alpha value is -1.36. The van der Waals surface area contributed by atoms with Crippen molar-refractivity contribution < 1.29 is 9.13 Å². The maximum atomic E-state index is 12.9. The molecule has 0 saturated carbocycles. The summed E-state index contributed by atoms with van der Waals surface area (Å²) < 4.78 is 20.9. The molecular weight excluding hydrogens is 275 g/mol. The molecule has 0 aliphatic heterocycles. The molecule has 0 spiro atoms. The van der Waals surface area contributed by atoms with Crippen LogP contribution in [0.25, 0.3) is 0 Å². The Balaban J connectivity index is 2.05. The standard InChI is InChI=1S/C11H10BrFN2O/c1-15-9(6-14-11(15)12)7-16-10-4-2-3-8(13)5-10/h2-6H,7H2,1H3. The lowest BCUT2D eigenvalue weighted by atomic mass is 10.3. The van der Waals surface area contributed by atoms with E-state index in [1.807, 2.05) is 11.6 Å². The average molecular weight is 285 g/mol. The second-order valence-corrected chi connectivity index (χ2v) is 4.03. The first-order valence-electron chi connectivity index (χ1n) is 4.71. The molecule has 0 N–H and O–H groups in total. The maximum absolute atomic E-state index is 12.9. The van der Waals surface area contributed by atoms with Gasteiger partial charge >= 0.3 is 0 Å². The highest BCUT2D eigenvalue weighted by Gasteiger charge is 2.04. The first kappa shape index (κ1) is 11.1. The fourth-order valence-electron chi connectivity index (χ4n) is 1.27. The minimum Gasteiger partial charge on any atom is -0.487 e. The van der Waals surface area contributed by atoms with Gasteiger partial charge in [0.2, 0.25) is 0 Å². The first-order chi connectivity index (χ1) is 7.66. The van der Waals surface area contributed by atoms with Gasteiger partial charge in [0.05, 0.1) is 11.9 Å². The van der Waals surface area contributed by atoms with Crippen molar-refractivity contribution in [3.63, 3.8) is 0 Å². The van der Waals surface area contributed by atoms with Gasteiger partial charge in [0.1, 0.15) is 18.2 Å². The van der Waals surface area contributed by atoms with Crippen molar-refractivity contribution >= 4 is 15.9 Å². The second kappa shape index (κ2) is 4.65. The molecule has 2 rings (SSSR count). The smallest absolute Gasteiger partial charge is 0.177 e. The van der Waals surface area contributed by atoms with Crippen LogP contribution in [0.4, 0.5) is 4.39 Å². The van der Waals surface area contributed by atoms with E-state index in [4.69, 9.17) is 4.74 Å². The van der Waals surface area contributed by atoms with Crippen LogP contribution < -0.4 is 4.74 Å². The molecule has 0 saturated heterocycles. The number of aromatic nitrogens is 2. The van der Waals surface area contributed by atoms with Crippen LogP contribution >= 0.6 is 15.9 Å². The predicted molar refractivity (Wildman–Crippen MR) is 61.6 cm³/mol. The van der Waals surface area contributed by atoms with Crippen LogP contribution in [0.3, 0.4) is 0 Å². The van der Waals surface area contributed by atoms with Gasteiger partial charge in [-0.3, -0.25) is 0 Å². The normalized spacial score (nSPS) is 10.4. The minimum atomic E-state index is -0.302. The van der Waals surface area contributed by atoms with Gasteiger partial charge in [-0.15, -0.1) is 0 Å². The second-order valence-electron chi connectivity index (χ2n) is 3.32. The third-order valence-electron chi connectivity index (χ3n) is 2.21. The predicted octanol–water partition coefficient (Wildman–Crippen LogP) is 2.90. The lowest BCUT2D eigenvalue weighted by molar-refractivity contribution is 0.295. The molecule has 0 fully saturated rings. The molecule has 2 aromatic rings. The highest BCUT2D eigenvalue weighted by molar-refractivity contribution is 9.10. The van der Waals surface area contributed by atoms with Crippen LogP contribution in [-0.4, -0.2) is 9.55 Å². The zero-order valence-corrected chi connectivity index (χ0v) is 10.2. The zero-order valence-electron chi connectivity index (χ0n) is 8.65. The van der Waals surface area contributed by atoms with Gasteiger partial charge in [-0.05, 0) is 28.1 Å². The van der Waals surface area contributed by atoms with Crippen LogP contribution in [0.2, 0.25) is 0 Å². The van der Waals surface area contributed by atoms with Crippen molar-refractivity contribution in [2.75, 3.05) is 0 Å². The first-order valence-corrected chi connectivity index (χ1v) is 5.50. The summed E-state index contributed by atoms with van der Waals surface area (Å²) in [5, 5.41) is 0. The van der Waals surface area contributed by atoms with Crippen LogP contribution in [0, 0.1) is 5.82 Å². The fraction of sp³-hybridized carbons (Fsp3) is 0.182. The molecule has 0 unspecified atom stereocenters. The van der Waals surface area contributed by atoms with E-state index in [-0.39, 0.29) is 5.82 Å². The third kappa shape index (κ3) is 2.41. The molecule has 0 atom stereocenters. The lowest BCUT2D eigenvalue weighted by Crippen LogP contribution is -2.02. The van der Waals surface area contributed by atoms with Crippen molar-refractivity contribution in [1.82, 2.24) is 9.55 Å². The summed E-state index contributed by atoms with van der Waals surface area (Å²) in [4.78, 5) is 4.07. The molecule has 3 nitrogen and oxygen atoms in total. The third-order valence-corrected chi connectivity index (χ3v) is 2.95. The van der Waals surface area contributed by atoms with Crippen molar-refractivity contribution in [3.8, 4) is 5.75 Å². The van der Waals surface area contributed by atoms with Crippen LogP contribution in [-0.2, 0) is 13.7 Å². The Morgan fingerprint density at radius 1 is 1.50 bits per heavy atom. The van der Waals surface area contributed by atoms with E-state index < -0.39 is 0 Å². The molecule has 0 aliphatic carbocycles. The number of rotatable bonds is 3. The summed E-state index contributed by atoms with van der Waals surface area (Å²) in [6.07, 6.45) is 1.71. The topological polar surface area (TPSA) is 27.1 Å². The molecule has 1 aromatic carbocycles. The molecular formula is C11H10BrFN2O. The Kier molecular flexibility index (Phi) is 3.24. The molecule has 1 aromatic heterocycles. The van der Waals surface area contributed by atoms with E-state index in [1.54, 1.807) is 18.3 Å². The van der Waals surface area contributed by atoms with E-state index in [1.165, 1.54) is 12.1 Å². The number of halogens is 2. The van der Waals surface area contributed by atoms with Crippen molar-refractivity contribution in [2.24, 2.45) is 7.05 Å². The van der Waals surface area contributed by atoms with Gasteiger partial charge in [-0.25, -0.2) is 9.37 Å². The summed E-state index contributed by atoms with van der Waals surface area (Å²) in [6, 6.07) is 6.07. The number of hydrogen-bond acceptors (Lipinski definition) is 2. The van der Waals surface area contributed by atoms with Crippen molar-refractivity contribution in [3.05, 3.63) is 46.7 Å². The van der Waals surface area contributed by atoms with Gasteiger partial charge in [0, 0.05) is 13.1 Å². The van der Waals surface area contributed by atoms with Crippen molar-refractivity contribution in [1.29, 1.82) is 0 Å². The zero-order chi connectivity index (χ0) is 11.5. The van der Waals surface area contributed by atoms with Gasteiger partial charge in [0.15, 0.2) is 4.73 Å². The fourth-order valence-corrected chi connectivity index (χ4v) is 1.60. The van der Waals surface area contributed by atoms with Crippen LogP contribution in [0.15, 0.2) is 35.2 Å². The van der Waals surface area contributed by atoms with Crippen LogP contribution in [0.1, 0.15) is 5.69 Å². The Morgan fingerprint density at radius 3 is 2.94 bits per heavy atom. The van der Waals surface area contributed by atoms with Gasteiger partial charge < -0.3 is 9.30 Å². The number of hydrogen-bond donors (Lipinski definition) is 0. The number of nitrogens with zero attached hydrogens (tertiary/aromatic N) is 2. The molecule has 84 valence electrons.